The third-order valence-electron chi connectivity index (χ3n) is 5.50. The number of carbonyl (C=O) groups is 1. The number of amides is 1. The average Bonchev–Trinajstić information content (AvgIpc) is 2.75. The van der Waals surface area contributed by atoms with Crippen molar-refractivity contribution < 1.29 is 13.2 Å². The normalized spacial score (nSPS) is 11.4. The van der Waals surface area contributed by atoms with Crippen LogP contribution in [0.15, 0.2) is 66.7 Å². The van der Waals surface area contributed by atoms with Crippen LogP contribution < -0.4 is 9.62 Å². The topological polar surface area (TPSA) is 66.5 Å². The van der Waals surface area contributed by atoms with Crippen LogP contribution in [0, 0.1) is 20.8 Å². The van der Waals surface area contributed by atoms with E-state index in [2.05, 4.69) is 5.32 Å². The van der Waals surface area contributed by atoms with Crippen molar-refractivity contribution in [2.45, 2.75) is 46.4 Å². The molecule has 0 aliphatic heterocycles. The number of carbonyl (C=O) groups excluding carboxylic acids is 1. The lowest BCUT2D eigenvalue weighted by molar-refractivity contribution is 0.102. The molecule has 0 aliphatic carbocycles. The number of hydrogen-bond acceptors (Lipinski definition) is 3. The summed E-state index contributed by atoms with van der Waals surface area (Å²) in [5.41, 5.74) is 5.91. The van der Waals surface area contributed by atoms with Gasteiger partial charge >= 0.3 is 0 Å². The molecule has 0 unspecified atom stereocenters. The molecule has 5 nitrogen and oxygen atoms in total. The summed E-state index contributed by atoms with van der Waals surface area (Å²) < 4.78 is 27.7. The minimum atomic E-state index is -3.53. The Bertz CT molecular complexity index is 1220. The standard InChI is InChI=1S/C26H30N2O3S/c1-18(2)32(30,31)28(25-14-9-20(4)21(5)16-25)17-22-10-12-24(13-11-22)27-26(29)23-8-6-7-19(3)15-23/h6-16,18H,17H2,1-5H3,(H,27,29). The second kappa shape index (κ2) is 9.57. The van der Waals surface area contributed by atoms with Crippen molar-refractivity contribution >= 4 is 27.3 Å². The van der Waals surface area contributed by atoms with Gasteiger partial charge in [0, 0.05) is 11.3 Å². The predicted molar refractivity (Wildman–Crippen MR) is 132 cm³/mol. The first-order chi connectivity index (χ1) is 15.1. The number of anilines is 2. The quantitative estimate of drug-likeness (QED) is 0.509. The Labute approximate surface area is 191 Å². The van der Waals surface area contributed by atoms with E-state index in [-0.39, 0.29) is 12.5 Å². The van der Waals surface area contributed by atoms with Crippen LogP contribution in [-0.4, -0.2) is 19.6 Å². The van der Waals surface area contributed by atoms with Gasteiger partial charge in [-0.25, -0.2) is 8.42 Å². The first-order valence-electron chi connectivity index (χ1n) is 10.6. The zero-order valence-corrected chi connectivity index (χ0v) is 20.0. The van der Waals surface area contributed by atoms with Crippen molar-refractivity contribution in [1.82, 2.24) is 0 Å². The highest BCUT2D eigenvalue weighted by Gasteiger charge is 2.26. The molecule has 0 atom stereocenters. The molecule has 0 heterocycles. The maximum Gasteiger partial charge on any atom is 0.255 e. The molecule has 32 heavy (non-hydrogen) atoms. The van der Waals surface area contributed by atoms with Gasteiger partial charge in [-0.2, -0.15) is 0 Å². The molecule has 168 valence electrons. The van der Waals surface area contributed by atoms with Crippen molar-refractivity contribution in [2.24, 2.45) is 0 Å². The molecule has 3 aromatic carbocycles. The van der Waals surface area contributed by atoms with Gasteiger partial charge in [0.1, 0.15) is 0 Å². The van der Waals surface area contributed by atoms with E-state index in [0.29, 0.717) is 16.9 Å². The molecule has 0 aliphatic rings. The van der Waals surface area contributed by atoms with Crippen molar-refractivity contribution in [3.05, 3.63) is 94.5 Å². The summed E-state index contributed by atoms with van der Waals surface area (Å²) >= 11 is 0. The summed E-state index contributed by atoms with van der Waals surface area (Å²) in [6, 6.07) is 20.4. The third-order valence-corrected chi connectivity index (χ3v) is 7.65. The lowest BCUT2D eigenvalue weighted by atomic mass is 10.1. The lowest BCUT2D eigenvalue weighted by Crippen LogP contribution is -2.36. The van der Waals surface area contributed by atoms with Gasteiger partial charge in [-0.05, 0) is 87.7 Å². The van der Waals surface area contributed by atoms with E-state index in [4.69, 9.17) is 0 Å². The first kappa shape index (κ1) is 23.5. The highest BCUT2D eigenvalue weighted by atomic mass is 32.2. The van der Waals surface area contributed by atoms with Gasteiger partial charge in [-0.3, -0.25) is 9.10 Å². The fraction of sp³-hybridized carbons (Fsp3) is 0.269. The predicted octanol–water partition coefficient (Wildman–Crippen LogP) is 5.61. The summed E-state index contributed by atoms with van der Waals surface area (Å²) in [4.78, 5) is 12.5. The van der Waals surface area contributed by atoms with Crippen LogP contribution in [0.1, 0.15) is 46.5 Å². The summed E-state index contributed by atoms with van der Waals surface area (Å²) in [6.07, 6.45) is 0. The SMILES string of the molecule is Cc1cccc(C(=O)Nc2ccc(CN(c3ccc(C)c(C)c3)S(=O)(=O)C(C)C)cc2)c1. The van der Waals surface area contributed by atoms with E-state index in [9.17, 15) is 13.2 Å². The number of hydrogen-bond donors (Lipinski definition) is 1. The average molecular weight is 451 g/mol. The van der Waals surface area contributed by atoms with Crippen molar-refractivity contribution in [2.75, 3.05) is 9.62 Å². The van der Waals surface area contributed by atoms with Gasteiger partial charge in [-0.1, -0.05) is 35.9 Å². The highest BCUT2D eigenvalue weighted by molar-refractivity contribution is 7.93. The Morgan fingerprint density at radius 3 is 2.19 bits per heavy atom. The van der Waals surface area contributed by atoms with E-state index in [1.54, 1.807) is 32.0 Å². The van der Waals surface area contributed by atoms with Crippen LogP contribution >= 0.6 is 0 Å². The maximum atomic E-state index is 13.1. The minimum Gasteiger partial charge on any atom is -0.322 e. The van der Waals surface area contributed by atoms with Crippen LogP contribution in [0.4, 0.5) is 11.4 Å². The highest BCUT2D eigenvalue weighted by Crippen LogP contribution is 2.26. The Kier molecular flexibility index (Phi) is 7.04. The van der Waals surface area contributed by atoms with Gasteiger partial charge in [0.25, 0.3) is 5.91 Å². The molecule has 0 bridgehead atoms. The molecule has 0 saturated heterocycles. The summed E-state index contributed by atoms with van der Waals surface area (Å²) in [6.45, 7) is 9.52. The zero-order chi connectivity index (χ0) is 23.5. The Hall–Kier alpha value is -3.12. The monoisotopic (exact) mass is 450 g/mol. The summed E-state index contributed by atoms with van der Waals surface area (Å²) in [7, 11) is -3.53. The van der Waals surface area contributed by atoms with Gasteiger partial charge in [0.05, 0.1) is 17.5 Å². The van der Waals surface area contributed by atoms with Gasteiger partial charge < -0.3 is 5.32 Å². The molecule has 0 fully saturated rings. The van der Waals surface area contributed by atoms with Gasteiger partial charge in [-0.15, -0.1) is 0 Å². The summed E-state index contributed by atoms with van der Waals surface area (Å²) in [5.74, 6) is -0.180. The molecule has 0 aromatic heterocycles. The largest absolute Gasteiger partial charge is 0.322 e. The van der Waals surface area contributed by atoms with Crippen LogP contribution in [0.3, 0.4) is 0 Å². The van der Waals surface area contributed by atoms with Gasteiger partial charge in [0.15, 0.2) is 0 Å². The van der Waals surface area contributed by atoms with Crippen LogP contribution in [-0.2, 0) is 16.6 Å². The van der Waals surface area contributed by atoms with Crippen LogP contribution in [0.25, 0.3) is 0 Å². The lowest BCUT2D eigenvalue weighted by Gasteiger charge is -2.27. The minimum absolute atomic E-state index is 0.180. The number of sulfonamides is 1. The van der Waals surface area contributed by atoms with Crippen molar-refractivity contribution in [3.8, 4) is 0 Å². The fourth-order valence-corrected chi connectivity index (χ4v) is 4.56. The molecule has 1 N–H and O–H groups in total. The molecule has 3 aromatic rings. The van der Waals surface area contributed by atoms with Gasteiger partial charge in [0.2, 0.25) is 10.0 Å². The number of nitrogens with one attached hydrogen (secondary N) is 1. The number of aryl methyl sites for hydroxylation is 3. The first-order valence-corrected chi connectivity index (χ1v) is 12.1. The Morgan fingerprint density at radius 2 is 1.59 bits per heavy atom. The van der Waals surface area contributed by atoms with E-state index in [1.807, 2.05) is 69.3 Å². The van der Waals surface area contributed by atoms with E-state index >= 15 is 0 Å². The Balaban J connectivity index is 1.82. The molecular weight excluding hydrogens is 420 g/mol. The molecule has 3 rings (SSSR count). The molecule has 0 saturated carbocycles. The zero-order valence-electron chi connectivity index (χ0n) is 19.2. The molecule has 0 spiro atoms. The number of benzene rings is 3. The van der Waals surface area contributed by atoms with Crippen molar-refractivity contribution in [1.29, 1.82) is 0 Å². The van der Waals surface area contributed by atoms with E-state index in [0.717, 1.165) is 22.3 Å². The fourth-order valence-electron chi connectivity index (χ4n) is 3.31. The molecule has 1 amide bonds. The number of rotatable bonds is 7. The Morgan fingerprint density at radius 1 is 0.906 bits per heavy atom. The smallest absolute Gasteiger partial charge is 0.255 e. The third kappa shape index (κ3) is 5.37. The maximum absolute atomic E-state index is 13.1. The number of nitrogens with zero attached hydrogens (tertiary/aromatic N) is 1. The molecule has 6 heteroatoms. The van der Waals surface area contributed by atoms with E-state index < -0.39 is 15.3 Å². The van der Waals surface area contributed by atoms with Crippen molar-refractivity contribution in [3.63, 3.8) is 0 Å². The van der Waals surface area contributed by atoms with Crippen LogP contribution in [0.2, 0.25) is 0 Å². The van der Waals surface area contributed by atoms with Crippen LogP contribution in [0.5, 0.6) is 0 Å². The molecular formula is C26H30N2O3S. The van der Waals surface area contributed by atoms with E-state index in [1.165, 1.54) is 4.31 Å². The summed E-state index contributed by atoms with van der Waals surface area (Å²) in [5, 5.41) is 2.34. The second-order valence-electron chi connectivity index (χ2n) is 8.39. The molecule has 0 radical (unpaired) electrons. The second-order valence-corrected chi connectivity index (χ2v) is 10.8.